The number of carbonyl (C=O) groups excluding carboxylic acids is 2. The van der Waals surface area contributed by atoms with Crippen molar-refractivity contribution in [1.29, 1.82) is 0 Å². The second kappa shape index (κ2) is 13.5. The number of nitrogens with zero attached hydrogens (tertiary/aromatic N) is 3. The normalized spacial score (nSPS) is 17.1. The Labute approximate surface area is 225 Å². The maximum atomic E-state index is 12.9. The fourth-order valence-electron chi connectivity index (χ4n) is 3.53. The average Bonchev–Trinajstić information content (AvgIpc) is 3.32. The molecule has 1 aromatic carbocycles. The van der Waals surface area contributed by atoms with Gasteiger partial charge in [0.15, 0.2) is 17.5 Å². The van der Waals surface area contributed by atoms with Crippen LogP contribution in [0.25, 0.3) is 5.57 Å². The maximum absolute atomic E-state index is 12.9. The molecule has 3 rings (SSSR count). The Bertz CT molecular complexity index is 1190. The number of nitrogen functional groups attached to an aromatic ring is 1. The van der Waals surface area contributed by atoms with E-state index in [9.17, 15) is 9.59 Å². The molecule has 12 nitrogen and oxygen atoms in total. The number of amides is 2. The zero-order chi connectivity index (χ0) is 27.5. The summed E-state index contributed by atoms with van der Waals surface area (Å²) >= 11 is 1.17. The van der Waals surface area contributed by atoms with Crippen LogP contribution in [0.3, 0.4) is 0 Å². The van der Waals surface area contributed by atoms with Gasteiger partial charge in [-0.2, -0.15) is 0 Å². The third-order valence-corrected chi connectivity index (χ3v) is 6.20. The highest BCUT2D eigenvalue weighted by Gasteiger charge is 2.47. The van der Waals surface area contributed by atoms with E-state index in [0.29, 0.717) is 12.3 Å². The largest absolute Gasteiger partial charge is 0.490 e. The van der Waals surface area contributed by atoms with E-state index in [1.807, 2.05) is 44.3 Å². The molecule has 7 N–H and O–H groups in total. The third-order valence-electron chi connectivity index (χ3n) is 5.52. The molecule has 1 atom stereocenters. The summed E-state index contributed by atoms with van der Waals surface area (Å²) in [6.07, 6.45) is 4.57. The second-order valence-electron chi connectivity index (χ2n) is 8.92. The SMILES string of the molecule is C/N=C/C(=C\NCCCN)c1ccc(OCCO/N=C(\C(=O)NC2C(=O)NC2(C)C)c2csc(N)n2)cc1. The molecule has 13 heteroatoms. The number of β-lactam (4-membered cyclic amide) rings is 1. The smallest absolute Gasteiger partial charge is 0.276 e. The number of allylic oxidation sites excluding steroid dienone is 1. The first-order valence-corrected chi connectivity index (χ1v) is 13.0. The molecule has 0 aliphatic carbocycles. The van der Waals surface area contributed by atoms with E-state index in [4.69, 9.17) is 21.0 Å². The summed E-state index contributed by atoms with van der Waals surface area (Å²) in [5.41, 5.74) is 12.8. The Morgan fingerprint density at radius 1 is 1.29 bits per heavy atom. The van der Waals surface area contributed by atoms with Crippen LogP contribution >= 0.6 is 11.3 Å². The quantitative estimate of drug-likeness (QED) is 0.101. The van der Waals surface area contributed by atoms with Gasteiger partial charge in [-0.1, -0.05) is 17.3 Å². The van der Waals surface area contributed by atoms with Crippen LogP contribution in [0, 0.1) is 0 Å². The summed E-state index contributed by atoms with van der Waals surface area (Å²) in [5, 5.41) is 14.5. The minimum Gasteiger partial charge on any atom is -0.490 e. The molecule has 0 saturated carbocycles. The number of nitrogens with two attached hydrogens (primary N) is 2. The van der Waals surface area contributed by atoms with Crippen molar-refractivity contribution >= 4 is 45.8 Å². The van der Waals surface area contributed by atoms with Crippen LogP contribution < -0.4 is 32.2 Å². The number of hydrogen-bond donors (Lipinski definition) is 5. The number of benzene rings is 1. The number of thiazole rings is 1. The van der Waals surface area contributed by atoms with E-state index in [-0.39, 0.29) is 35.7 Å². The summed E-state index contributed by atoms with van der Waals surface area (Å²) in [4.78, 5) is 38.3. The molecule has 1 fully saturated rings. The number of nitrogens with one attached hydrogen (secondary N) is 3. The zero-order valence-corrected chi connectivity index (χ0v) is 22.5. The van der Waals surface area contributed by atoms with Crippen LogP contribution in [-0.2, 0) is 14.4 Å². The summed E-state index contributed by atoms with van der Waals surface area (Å²) < 4.78 is 5.73. The van der Waals surface area contributed by atoms with Crippen molar-refractivity contribution in [3.05, 3.63) is 47.1 Å². The predicted molar refractivity (Wildman–Crippen MR) is 149 cm³/mol. The first-order valence-electron chi connectivity index (χ1n) is 12.1. The molecule has 1 unspecified atom stereocenters. The van der Waals surface area contributed by atoms with Gasteiger partial charge < -0.3 is 37.0 Å². The Hall–Kier alpha value is -3.97. The number of aliphatic imine (C=N–C) groups is 1. The van der Waals surface area contributed by atoms with E-state index in [2.05, 4.69) is 31.1 Å². The lowest BCUT2D eigenvalue weighted by atomic mass is 9.85. The Morgan fingerprint density at radius 3 is 2.66 bits per heavy atom. The fraction of sp³-hybridized carbons (Fsp3) is 0.400. The van der Waals surface area contributed by atoms with Gasteiger partial charge in [0.2, 0.25) is 5.91 Å². The molecule has 204 valence electrons. The molecule has 0 bridgehead atoms. The van der Waals surface area contributed by atoms with Gasteiger partial charge in [0.05, 0.1) is 5.54 Å². The van der Waals surface area contributed by atoms with Crippen LogP contribution in [0.15, 0.2) is 46.0 Å². The van der Waals surface area contributed by atoms with E-state index in [1.165, 1.54) is 11.3 Å². The van der Waals surface area contributed by atoms with Gasteiger partial charge in [-0.25, -0.2) is 4.98 Å². The van der Waals surface area contributed by atoms with E-state index in [1.54, 1.807) is 18.6 Å². The Balaban J connectivity index is 1.56. The van der Waals surface area contributed by atoms with Crippen molar-refractivity contribution in [3.63, 3.8) is 0 Å². The van der Waals surface area contributed by atoms with Gasteiger partial charge in [0, 0.05) is 37.0 Å². The van der Waals surface area contributed by atoms with Crippen LogP contribution in [0.4, 0.5) is 5.13 Å². The Morgan fingerprint density at radius 2 is 2.05 bits per heavy atom. The Kier molecular flexibility index (Phi) is 10.2. The molecule has 1 aliphatic heterocycles. The number of anilines is 1. The first kappa shape index (κ1) is 28.6. The van der Waals surface area contributed by atoms with Crippen molar-refractivity contribution in [2.45, 2.75) is 31.8 Å². The lowest BCUT2D eigenvalue weighted by molar-refractivity contribution is -0.138. The highest BCUT2D eigenvalue weighted by molar-refractivity contribution is 7.13. The maximum Gasteiger partial charge on any atom is 0.276 e. The molecule has 0 radical (unpaired) electrons. The molecule has 2 heterocycles. The summed E-state index contributed by atoms with van der Waals surface area (Å²) in [7, 11) is 1.72. The van der Waals surface area contributed by atoms with E-state index >= 15 is 0 Å². The minimum atomic E-state index is -0.692. The van der Waals surface area contributed by atoms with Crippen LogP contribution in [0.1, 0.15) is 31.5 Å². The number of aromatic nitrogens is 1. The molecular weight excluding hydrogens is 508 g/mol. The van der Waals surface area contributed by atoms with Crippen molar-refractivity contribution in [2.75, 3.05) is 39.1 Å². The van der Waals surface area contributed by atoms with Gasteiger partial charge in [-0.3, -0.25) is 14.6 Å². The molecule has 38 heavy (non-hydrogen) atoms. The molecule has 1 aromatic heterocycles. The predicted octanol–water partition coefficient (Wildman–Crippen LogP) is 0.898. The average molecular weight is 543 g/mol. The number of carbonyl (C=O) groups is 2. The standard InChI is InChI=1S/C25H34N8O4S/c1-25(2)21(23(35)32-25)31-22(34)20(19-15-38-24(27)30-19)33-37-12-11-36-18-7-5-16(6-8-18)17(13-28-3)14-29-10-4-9-26/h5-8,13-15,21,29H,4,9-12,26H2,1-3H3,(H2,27,30)(H,31,34)(H,32,35)/b17-14+,28-13+,33-20-. The second-order valence-corrected chi connectivity index (χ2v) is 9.81. The molecule has 1 saturated heterocycles. The lowest BCUT2D eigenvalue weighted by Gasteiger charge is -2.44. The fourth-order valence-corrected chi connectivity index (χ4v) is 4.08. The highest BCUT2D eigenvalue weighted by atomic mass is 32.1. The minimum absolute atomic E-state index is 0.0743. The first-order chi connectivity index (χ1) is 18.2. The van der Waals surface area contributed by atoms with Crippen molar-refractivity contribution in [2.24, 2.45) is 15.9 Å². The van der Waals surface area contributed by atoms with Crippen molar-refractivity contribution in [1.82, 2.24) is 20.9 Å². The summed E-state index contributed by atoms with van der Waals surface area (Å²) in [6.45, 7) is 5.30. The van der Waals surface area contributed by atoms with E-state index < -0.39 is 17.5 Å². The van der Waals surface area contributed by atoms with Gasteiger partial charge >= 0.3 is 0 Å². The third kappa shape index (κ3) is 7.76. The summed E-state index contributed by atoms with van der Waals surface area (Å²) in [6, 6.07) is 6.86. The van der Waals surface area contributed by atoms with E-state index in [0.717, 1.165) is 24.1 Å². The highest BCUT2D eigenvalue weighted by Crippen LogP contribution is 2.20. The molecule has 0 spiro atoms. The monoisotopic (exact) mass is 542 g/mol. The summed E-state index contributed by atoms with van der Waals surface area (Å²) in [5.74, 6) is -0.210. The van der Waals surface area contributed by atoms with Crippen LogP contribution in [0.5, 0.6) is 5.75 Å². The van der Waals surface area contributed by atoms with Crippen molar-refractivity contribution in [3.8, 4) is 5.75 Å². The topological polar surface area (TPSA) is 178 Å². The van der Waals surface area contributed by atoms with Gasteiger partial charge in [-0.05, 0) is 44.5 Å². The van der Waals surface area contributed by atoms with Crippen LogP contribution in [-0.4, -0.2) is 73.7 Å². The van der Waals surface area contributed by atoms with Gasteiger partial charge in [-0.15, -0.1) is 11.3 Å². The number of rotatable bonds is 14. The number of oxime groups is 1. The molecule has 2 aromatic rings. The van der Waals surface area contributed by atoms with Crippen LogP contribution in [0.2, 0.25) is 0 Å². The van der Waals surface area contributed by atoms with Gasteiger partial charge in [0.25, 0.3) is 5.91 Å². The number of ether oxygens (including phenoxy) is 1. The van der Waals surface area contributed by atoms with Gasteiger partial charge in [0.1, 0.15) is 24.1 Å². The molecule has 2 amide bonds. The number of hydrogen-bond acceptors (Lipinski definition) is 11. The zero-order valence-electron chi connectivity index (χ0n) is 21.7. The molecular formula is C25H34N8O4S. The lowest BCUT2D eigenvalue weighted by Crippen LogP contribution is -2.75. The molecule has 1 aliphatic rings. The van der Waals surface area contributed by atoms with Crippen molar-refractivity contribution < 1.29 is 19.2 Å².